The van der Waals surface area contributed by atoms with Crippen LogP contribution in [0.3, 0.4) is 0 Å². The highest BCUT2D eigenvalue weighted by Crippen LogP contribution is 2.26. The van der Waals surface area contributed by atoms with Crippen molar-refractivity contribution >= 4 is 28.2 Å². The van der Waals surface area contributed by atoms with Crippen molar-refractivity contribution in [3.63, 3.8) is 0 Å². The molecule has 0 aliphatic heterocycles. The molecule has 2 aromatic carbocycles. The van der Waals surface area contributed by atoms with Crippen molar-refractivity contribution in [3.8, 4) is 11.4 Å². The van der Waals surface area contributed by atoms with Crippen LogP contribution in [-0.4, -0.2) is 21.6 Å². The molecule has 3 N–H and O–H groups in total. The molecule has 2 aromatic heterocycles. The number of fused-ring (bicyclic) bond motifs is 1. The highest BCUT2D eigenvalue weighted by Gasteiger charge is 2.22. The molecular formula is C26H26N4O3. The van der Waals surface area contributed by atoms with Crippen LogP contribution in [0.15, 0.2) is 83.9 Å². The Bertz CT molecular complexity index is 1330. The van der Waals surface area contributed by atoms with Gasteiger partial charge in [-0.25, -0.2) is 4.98 Å². The Balaban J connectivity index is 1.52. The van der Waals surface area contributed by atoms with Crippen LogP contribution in [0.1, 0.15) is 20.3 Å². The second kappa shape index (κ2) is 9.56. The van der Waals surface area contributed by atoms with Gasteiger partial charge in [0.1, 0.15) is 11.6 Å². The first-order valence-corrected chi connectivity index (χ1v) is 10.8. The summed E-state index contributed by atoms with van der Waals surface area (Å²) in [5.74, 6) is 0.982. The number of carbonyl (C=O) groups is 1. The Kier molecular flexibility index (Phi) is 6.40. The van der Waals surface area contributed by atoms with Crippen LogP contribution in [-0.2, 0) is 4.79 Å². The van der Waals surface area contributed by atoms with E-state index >= 15 is 0 Å². The van der Waals surface area contributed by atoms with Crippen LogP contribution in [0.4, 0.5) is 11.5 Å². The number of amides is 1. The number of nitrogen functional groups attached to an aromatic ring is 1. The average molecular weight is 443 g/mol. The molecule has 1 atom stereocenters. The van der Waals surface area contributed by atoms with Crippen molar-refractivity contribution in [2.24, 2.45) is 5.92 Å². The van der Waals surface area contributed by atoms with Crippen LogP contribution in [0.5, 0.6) is 5.75 Å². The van der Waals surface area contributed by atoms with E-state index in [1.54, 1.807) is 48.8 Å². The van der Waals surface area contributed by atoms with Gasteiger partial charge in [-0.1, -0.05) is 26.0 Å². The van der Waals surface area contributed by atoms with Gasteiger partial charge in [-0.3, -0.25) is 14.2 Å². The fourth-order valence-electron chi connectivity index (χ4n) is 3.61. The topological polar surface area (TPSA) is 99.2 Å². The number of nitrogens with one attached hydrogen (secondary N) is 1. The number of rotatable bonds is 7. The van der Waals surface area contributed by atoms with Crippen LogP contribution in [0, 0.1) is 5.92 Å². The largest absolute Gasteiger partial charge is 0.481 e. The molecule has 2 heterocycles. The molecule has 0 radical (unpaired) electrons. The highest BCUT2D eigenvalue weighted by molar-refractivity contribution is 5.95. The molecule has 4 rings (SSSR count). The number of pyridine rings is 2. The van der Waals surface area contributed by atoms with Gasteiger partial charge in [0.05, 0.1) is 0 Å². The summed E-state index contributed by atoms with van der Waals surface area (Å²) in [6, 6.07) is 19.5. The molecule has 0 aliphatic carbocycles. The van der Waals surface area contributed by atoms with Gasteiger partial charge in [0.2, 0.25) is 0 Å². The Morgan fingerprint density at radius 3 is 2.61 bits per heavy atom. The fourth-order valence-corrected chi connectivity index (χ4v) is 3.61. The van der Waals surface area contributed by atoms with Crippen molar-refractivity contribution in [2.45, 2.75) is 26.4 Å². The molecule has 0 saturated heterocycles. The van der Waals surface area contributed by atoms with Gasteiger partial charge in [-0.05, 0) is 66.3 Å². The van der Waals surface area contributed by atoms with E-state index in [4.69, 9.17) is 10.5 Å². The number of hydrogen-bond acceptors (Lipinski definition) is 5. The molecule has 4 aromatic rings. The van der Waals surface area contributed by atoms with Gasteiger partial charge in [-0.2, -0.15) is 0 Å². The second-order valence-electron chi connectivity index (χ2n) is 8.26. The normalized spacial score (nSPS) is 12.0. The van der Waals surface area contributed by atoms with Crippen LogP contribution in [0.2, 0.25) is 0 Å². The summed E-state index contributed by atoms with van der Waals surface area (Å²) in [5, 5.41) is 4.66. The quantitative estimate of drug-likeness (QED) is 0.442. The van der Waals surface area contributed by atoms with Crippen molar-refractivity contribution < 1.29 is 9.53 Å². The number of benzene rings is 2. The maximum atomic E-state index is 13.1. The molecule has 1 amide bonds. The fraction of sp³-hybridized carbons (Fsp3) is 0.192. The Hall–Kier alpha value is -4.13. The molecule has 0 unspecified atom stereocenters. The number of hydrogen-bond donors (Lipinski definition) is 2. The number of nitrogens with two attached hydrogens (primary N) is 1. The molecule has 0 spiro atoms. The summed E-state index contributed by atoms with van der Waals surface area (Å²) >= 11 is 0. The van der Waals surface area contributed by atoms with Gasteiger partial charge in [0, 0.05) is 35.2 Å². The highest BCUT2D eigenvalue weighted by atomic mass is 16.5. The van der Waals surface area contributed by atoms with E-state index in [9.17, 15) is 9.59 Å². The third-order valence-corrected chi connectivity index (χ3v) is 5.26. The minimum absolute atomic E-state index is 0.120. The second-order valence-corrected chi connectivity index (χ2v) is 8.26. The maximum absolute atomic E-state index is 13.1. The first-order valence-electron chi connectivity index (χ1n) is 10.8. The molecule has 0 aliphatic rings. The number of carbonyl (C=O) groups excluding carboxylic acids is 1. The van der Waals surface area contributed by atoms with E-state index in [-0.39, 0.29) is 17.4 Å². The van der Waals surface area contributed by atoms with Crippen LogP contribution >= 0.6 is 0 Å². The van der Waals surface area contributed by atoms with Crippen molar-refractivity contribution in [1.29, 1.82) is 0 Å². The summed E-state index contributed by atoms with van der Waals surface area (Å²) in [5.41, 5.74) is 7.22. The SMILES string of the molecule is CC(C)C[C@H](Oc1ccc2ccnc(N)c2c1)C(=O)Nc1ccc(-n2ccccc2=O)cc1. The van der Waals surface area contributed by atoms with Gasteiger partial charge in [-0.15, -0.1) is 0 Å². The van der Waals surface area contributed by atoms with E-state index in [1.807, 2.05) is 38.1 Å². The number of aromatic nitrogens is 2. The van der Waals surface area contributed by atoms with E-state index in [0.29, 0.717) is 23.7 Å². The minimum atomic E-state index is -0.684. The summed E-state index contributed by atoms with van der Waals surface area (Å²) < 4.78 is 7.63. The summed E-state index contributed by atoms with van der Waals surface area (Å²) in [6.07, 6.45) is 3.22. The monoisotopic (exact) mass is 442 g/mol. The predicted octanol–water partition coefficient (Wildman–Crippen LogP) is 4.40. The van der Waals surface area contributed by atoms with Crippen molar-refractivity contribution in [1.82, 2.24) is 9.55 Å². The van der Waals surface area contributed by atoms with Crippen LogP contribution in [0.25, 0.3) is 16.5 Å². The molecule has 0 bridgehead atoms. The third kappa shape index (κ3) is 5.20. The molecule has 7 nitrogen and oxygen atoms in total. The number of ether oxygens (including phenoxy) is 1. The van der Waals surface area contributed by atoms with E-state index in [1.165, 1.54) is 10.6 Å². The van der Waals surface area contributed by atoms with Gasteiger partial charge >= 0.3 is 0 Å². The van der Waals surface area contributed by atoms with E-state index in [2.05, 4.69) is 10.3 Å². The lowest BCUT2D eigenvalue weighted by Gasteiger charge is -2.21. The summed E-state index contributed by atoms with van der Waals surface area (Å²) in [4.78, 5) is 29.2. The van der Waals surface area contributed by atoms with Gasteiger partial charge in [0.15, 0.2) is 6.10 Å². The van der Waals surface area contributed by atoms with E-state index < -0.39 is 6.10 Å². The molecule has 33 heavy (non-hydrogen) atoms. The third-order valence-electron chi connectivity index (χ3n) is 5.26. The molecular weight excluding hydrogens is 416 g/mol. The summed E-state index contributed by atoms with van der Waals surface area (Å²) in [7, 11) is 0. The van der Waals surface area contributed by atoms with Gasteiger partial charge in [0.25, 0.3) is 11.5 Å². The van der Waals surface area contributed by atoms with Crippen molar-refractivity contribution in [3.05, 3.63) is 89.5 Å². The number of anilines is 2. The Morgan fingerprint density at radius 2 is 1.88 bits per heavy atom. The zero-order valence-electron chi connectivity index (χ0n) is 18.6. The zero-order valence-corrected chi connectivity index (χ0v) is 18.6. The average Bonchev–Trinajstić information content (AvgIpc) is 2.80. The Morgan fingerprint density at radius 1 is 1.09 bits per heavy atom. The Labute approximate surface area is 191 Å². The minimum Gasteiger partial charge on any atom is -0.481 e. The lowest BCUT2D eigenvalue weighted by Crippen LogP contribution is -2.34. The van der Waals surface area contributed by atoms with Gasteiger partial charge < -0.3 is 15.8 Å². The standard InChI is InChI=1S/C26H26N4O3/c1-17(2)15-23(33-21-11-6-18-12-13-28-25(27)22(18)16-21)26(32)29-19-7-9-20(10-8-19)30-14-4-3-5-24(30)31/h3-14,16-17,23H,15H2,1-2H3,(H2,27,28)(H,29,32)/t23-/m0/s1. The molecule has 7 heteroatoms. The zero-order chi connectivity index (χ0) is 23.4. The summed E-state index contributed by atoms with van der Waals surface area (Å²) in [6.45, 7) is 4.08. The first-order chi connectivity index (χ1) is 15.9. The van der Waals surface area contributed by atoms with Crippen LogP contribution < -0.4 is 21.3 Å². The first kappa shape index (κ1) is 22.1. The lowest BCUT2D eigenvalue weighted by molar-refractivity contribution is -0.123. The molecule has 0 fully saturated rings. The van der Waals surface area contributed by atoms with Crippen molar-refractivity contribution in [2.75, 3.05) is 11.1 Å². The smallest absolute Gasteiger partial charge is 0.265 e. The predicted molar refractivity (Wildman–Crippen MR) is 131 cm³/mol. The lowest BCUT2D eigenvalue weighted by atomic mass is 10.0. The molecule has 0 saturated carbocycles. The maximum Gasteiger partial charge on any atom is 0.265 e. The van der Waals surface area contributed by atoms with E-state index in [0.717, 1.165) is 16.5 Å². The molecule has 168 valence electrons. The number of nitrogens with zero attached hydrogens (tertiary/aromatic N) is 2.